The summed E-state index contributed by atoms with van der Waals surface area (Å²) in [5, 5.41) is 0. The maximum Gasteiger partial charge on any atom is 0.573 e. The summed E-state index contributed by atoms with van der Waals surface area (Å²) < 4.78 is 45.7. The summed E-state index contributed by atoms with van der Waals surface area (Å²) in [7, 11) is 0. The second-order valence-corrected chi connectivity index (χ2v) is 5.80. The van der Waals surface area contributed by atoms with E-state index >= 15 is 0 Å². The second kappa shape index (κ2) is 6.66. The molecule has 0 saturated carbocycles. The molecule has 0 fully saturated rings. The number of nitrogens with two attached hydrogens (primary N) is 1. The Bertz CT molecular complexity index is 772. The molecule has 25 heavy (non-hydrogen) atoms. The Hall–Kier alpha value is -2.70. The largest absolute Gasteiger partial charge is 0.573 e. The summed E-state index contributed by atoms with van der Waals surface area (Å²) in [6.07, 6.45) is -3.43. The maximum atomic E-state index is 12.2. The standard InChI is InChI=1S/C18H16F3NO3/c19-18(20,21)25-14-7-4-11(5-8-14)12-6-9-15-13(10-12)2-1-3-16(15)24-17(22)23/h4-10,16H,1-3H2,(H2,22,23). The van der Waals surface area contributed by atoms with Crippen LogP contribution in [0.4, 0.5) is 18.0 Å². The molecule has 1 atom stereocenters. The third-order valence-corrected chi connectivity index (χ3v) is 4.08. The number of carbonyl (C=O) groups is 1. The second-order valence-electron chi connectivity index (χ2n) is 5.80. The first-order valence-electron chi connectivity index (χ1n) is 7.77. The zero-order valence-electron chi connectivity index (χ0n) is 13.2. The quantitative estimate of drug-likeness (QED) is 0.870. The van der Waals surface area contributed by atoms with Gasteiger partial charge in [0.1, 0.15) is 11.9 Å². The van der Waals surface area contributed by atoms with Gasteiger partial charge >= 0.3 is 12.5 Å². The number of ether oxygens (including phenoxy) is 2. The molecular weight excluding hydrogens is 335 g/mol. The van der Waals surface area contributed by atoms with E-state index in [9.17, 15) is 18.0 Å². The van der Waals surface area contributed by atoms with Crippen LogP contribution in [-0.2, 0) is 11.2 Å². The van der Waals surface area contributed by atoms with Gasteiger partial charge in [0.05, 0.1) is 0 Å². The molecule has 3 rings (SSSR count). The molecule has 2 aromatic carbocycles. The number of halogens is 3. The lowest BCUT2D eigenvalue weighted by molar-refractivity contribution is -0.274. The monoisotopic (exact) mass is 351 g/mol. The highest BCUT2D eigenvalue weighted by molar-refractivity contribution is 5.67. The summed E-state index contributed by atoms with van der Waals surface area (Å²) in [5.41, 5.74) is 8.72. The number of primary amides is 1. The Morgan fingerprint density at radius 2 is 1.76 bits per heavy atom. The van der Waals surface area contributed by atoms with Crippen molar-refractivity contribution >= 4 is 6.09 Å². The van der Waals surface area contributed by atoms with Crippen molar-refractivity contribution in [1.82, 2.24) is 0 Å². The third-order valence-electron chi connectivity index (χ3n) is 4.08. The van der Waals surface area contributed by atoms with E-state index in [4.69, 9.17) is 10.5 Å². The van der Waals surface area contributed by atoms with Crippen LogP contribution in [0.5, 0.6) is 5.75 Å². The number of rotatable bonds is 3. The zero-order chi connectivity index (χ0) is 18.0. The van der Waals surface area contributed by atoms with Gasteiger partial charge < -0.3 is 15.2 Å². The van der Waals surface area contributed by atoms with Crippen LogP contribution in [0.25, 0.3) is 11.1 Å². The van der Waals surface area contributed by atoms with Crippen LogP contribution in [0.3, 0.4) is 0 Å². The molecule has 7 heteroatoms. The molecule has 0 aliphatic heterocycles. The molecule has 0 aromatic heterocycles. The van der Waals surface area contributed by atoms with Crippen molar-refractivity contribution in [3.8, 4) is 16.9 Å². The Balaban J connectivity index is 1.83. The molecule has 0 spiro atoms. The van der Waals surface area contributed by atoms with E-state index in [1.54, 1.807) is 12.1 Å². The number of aryl methyl sites for hydroxylation is 1. The highest BCUT2D eigenvalue weighted by atomic mass is 19.4. The minimum Gasteiger partial charge on any atom is -0.442 e. The maximum absolute atomic E-state index is 12.2. The molecule has 0 heterocycles. The molecule has 132 valence electrons. The Morgan fingerprint density at radius 3 is 2.40 bits per heavy atom. The van der Waals surface area contributed by atoms with Crippen LogP contribution in [0.15, 0.2) is 42.5 Å². The van der Waals surface area contributed by atoms with Gasteiger partial charge in [-0.2, -0.15) is 0 Å². The van der Waals surface area contributed by atoms with Gasteiger partial charge in [-0.3, -0.25) is 0 Å². The highest BCUT2D eigenvalue weighted by Gasteiger charge is 2.31. The lowest BCUT2D eigenvalue weighted by atomic mass is 9.87. The molecule has 0 saturated heterocycles. The van der Waals surface area contributed by atoms with Crippen molar-refractivity contribution in [3.05, 3.63) is 53.6 Å². The predicted molar refractivity (Wildman–Crippen MR) is 84.9 cm³/mol. The van der Waals surface area contributed by atoms with Crippen LogP contribution in [0.2, 0.25) is 0 Å². The fraction of sp³-hybridized carbons (Fsp3) is 0.278. The van der Waals surface area contributed by atoms with Gasteiger partial charge in [0.2, 0.25) is 0 Å². The summed E-state index contributed by atoms with van der Waals surface area (Å²) >= 11 is 0. The molecule has 2 aromatic rings. The predicted octanol–water partition coefficient (Wildman–Crippen LogP) is 4.72. The zero-order valence-corrected chi connectivity index (χ0v) is 13.2. The van der Waals surface area contributed by atoms with Crippen LogP contribution >= 0.6 is 0 Å². The van der Waals surface area contributed by atoms with E-state index in [1.165, 1.54) is 12.1 Å². The van der Waals surface area contributed by atoms with Crippen LogP contribution < -0.4 is 10.5 Å². The van der Waals surface area contributed by atoms with Gasteiger partial charge in [-0.25, -0.2) is 4.79 Å². The highest BCUT2D eigenvalue weighted by Crippen LogP contribution is 2.35. The minimum absolute atomic E-state index is 0.260. The van der Waals surface area contributed by atoms with E-state index in [1.807, 2.05) is 18.2 Å². The van der Waals surface area contributed by atoms with Crippen LogP contribution in [0.1, 0.15) is 30.1 Å². The molecule has 4 nitrogen and oxygen atoms in total. The molecular formula is C18H16F3NO3. The average molecular weight is 351 g/mol. The van der Waals surface area contributed by atoms with Gasteiger partial charge in [-0.1, -0.05) is 30.3 Å². The molecule has 0 bridgehead atoms. The molecule has 1 unspecified atom stereocenters. The first-order valence-corrected chi connectivity index (χ1v) is 7.77. The van der Waals surface area contributed by atoms with Crippen molar-refractivity contribution in [2.45, 2.75) is 31.7 Å². The van der Waals surface area contributed by atoms with Gasteiger partial charge in [0.25, 0.3) is 0 Å². The fourth-order valence-electron chi connectivity index (χ4n) is 3.06. The molecule has 2 N–H and O–H groups in total. The molecule has 0 radical (unpaired) electrons. The summed E-state index contributed by atoms with van der Waals surface area (Å²) in [4.78, 5) is 11.0. The smallest absolute Gasteiger partial charge is 0.442 e. The number of alkyl halides is 3. The summed E-state index contributed by atoms with van der Waals surface area (Å²) in [6, 6.07) is 11.4. The third kappa shape index (κ3) is 4.23. The Morgan fingerprint density at radius 1 is 1.08 bits per heavy atom. The van der Waals surface area contributed by atoms with E-state index in [0.717, 1.165) is 41.5 Å². The molecule has 1 aliphatic carbocycles. The topological polar surface area (TPSA) is 61.6 Å². The normalized spacial score (nSPS) is 16.8. The van der Waals surface area contributed by atoms with Crippen molar-refractivity contribution in [2.75, 3.05) is 0 Å². The number of benzene rings is 2. The number of amides is 1. The van der Waals surface area contributed by atoms with Crippen LogP contribution in [-0.4, -0.2) is 12.5 Å². The van der Waals surface area contributed by atoms with E-state index in [2.05, 4.69) is 4.74 Å². The van der Waals surface area contributed by atoms with Crippen molar-refractivity contribution in [3.63, 3.8) is 0 Å². The van der Waals surface area contributed by atoms with E-state index in [-0.39, 0.29) is 11.9 Å². The van der Waals surface area contributed by atoms with Crippen molar-refractivity contribution < 1.29 is 27.4 Å². The number of carbonyl (C=O) groups excluding carboxylic acids is 1. The SMILES string of the molecule is NC(=O)OC1CCCc2cc(-c3ccc(OC(F)(F)F)cc3)ccc21. The Labute approximate surface area is 142 Å². The van der Waals surface area contributed by atoms with E-state index < -0.39 is 12.5 Å². The minimum atomic E-state index is -4.71. The van der Waals surface area contributed by atoms with Gasteiger partial charge in [0.15, 0.2) is 0 Å². The number of hydrogen-bond acceptors (Lipinski definition) is 3. The number of fused-ring (bicyclic) bond motifs is 1. The summed E-state index contributed by atoms with van der Waals surface area (Å²) in [5.74, 6) is -0.260. The van der Waals surface area contributed by atoms with Crippen molar-refractivity contribution in [2.24, 2.45) is 5.73 Å². The number of hydrogen-bond donors (Lipinski definition) is 1. The summed E-state index contributed by atoms with van der Waals surface area (Å²) in [6.45, 7) is 0. The lowest BCUT2D eigenvalue weighted by Gasteiger charge is -2.25. The Kier molecular flexibility index (Phi) is 4.57. The lowest BCUT2D eigenvalue weighted by Crippen LogP contribution is -2.20. The first kappa shape index (κ1) is 17.1. The van der Waals surface area contributed by atoms with Crippen LogP contribution in [0, 0.1) is 0 Å². The van der Waals surface area contributed by atoms with Gasteiger partial charge in [0, 0.05) is 0 Å². The van der Waals surface area contributed by atoms with Crippen molar-refractivity contribution in [1.29, 1.82) is 0 Å². The molecule has 1 aliphatic rings. The fourth-order valence-corrected chi connectivity index (χ4v) is 3.06. The van der Waals surface area contributed by atoms with Gasteiger partial charge in [-0.15, -0.1) is 13.2 Å². The van der Waals surface area contributed by atoms with Gasteiger partial charge in [-0.05, 0) is 53.6 Å². The average Bonchev–Trinajstić information content (AvgIpc) is 2.53. The molecule has 1 amide bonds. The first-order chi connectivity index (χ1) is 11.8. The van der Waals surface area contributed by atoms with E-state index in [0.29, 0.717) is 0 Å².